The zero-order chi connectivity index (χ0) is 12.6. The van der Waals surface area contributed by atoms with E-state index in [0.717, 1.165) is 11.3 Å². The van der Waals surface area contributed by atoms with Crippen LogP contribution < -0.4 is 0 Å². The topological polar surface area (TPSA) is 9.23 Å². The maximum Gasteiger partial charge on any atom is 0.126 e. The van der Waals surface area contributed by atoms with E-state index in [1.807, 2.05) is 60.7 Å². The molecule has 2 aromatic rings. The van der Waals surface area contributed by atoms with E-state index < -0.39 is 0 Å². The second kappa shape index (κ2) is 6.45. The minimum Gasteiger partial charge on any atom is -0.496 e. The van der Waals surface area contributed by atoms with Gasteiger partial charge in [-0.15, -0.1) is 0 Å². The number of ether oxygens (including phenoxy) is 1. The molecule has 0 spiro atoms. The first-order valence-corrected chi connectivity index (χ1v) is 5.93. The first-order valence-electron chi connectivity index (χ1n) is 5.93. The predicted octanol–water partition coefficient (Wildman–Crippen LogP) is 4.39. The zero-order valence-electron chi connectivity index (χ0n) is 10.4. The smallest absolute Gasteiger partial charge is 0.126 e. The highest BCUT2D eigenvalue weighted by Gasteiger charge is 1.97. The van der Waals surface area contributed by atoms with Crippen molar-refractivity contribution >= 4 is 11.8 Å². The zero-order valence-corrected chi connectivity index (χ0v) is 10.4. The van der Waals surface area contributed by atoms with Gasteiger partial charge in [0.1, 0.15) is 5.76 Å². The molecule has 0 bridgehead atoms. The van der Waals surface area contributed by atoms with Crippen molar-refractivity contribution in [3.8, 4) is 0 Å². The minimum atomic E-state index is 0.864. The van der Waals surface area contributed by atoms with Crippen LogP contribution in [0.5, 0.6) is 0 Å². The van der Waals surface area contributed by atoms with Gasteiger partial charge in [-0.25, -0.2) is 0 Å². The average molecular weight is 236 g/mol. The molecule has 0 heterocycles. The number of benzene rings is 2. The molecular formula is C17H16O. The number of hydrogen-bond acceptors (Lipinski definition) is 1. The molecule has 2 aromatic carbocycles. The fourth-order valence-electron chi connectivity index (χ4n) is 1.70. The lowest BCUT2D eigenvalue weighted by molar-refractivity contribution is 0.370. The molecule has 0 aliphatic heterocycles. The summed E-state index contributed by atoms with van der Waals surface area (Å²) < 4.78 is 5.38. The summed E-state index contributed by atoms with van der Waals surface area (Å²) in [5, 5.41) is 0. The van der Waals surface area contributed by atoms with Gasteiger partial charge in [-0.2, -0.15) is 0 Å². The Balaban J connectivity index is 2.14. The van der Waals surface area contributed by atoms with E-state index in [1.54, 1.807) is 7.11 Å². The fraction of sp³-hybridized carbons (Fsp3) is 0.0588. The minimum absolute atomic E-state index is 0.864. The van der Waals surface area contributed by atoms with E-state index in [2.05, 4.69) is 18.2 Å². The van der Waals surface area contributed by atoms with Crippen molar-refractivity contribution in [2.75, 3.05) is 7.11 Å². The summed E-state index contributed by atoms with van der Waals surface area (Å²) in [6, 6.07) is 20.3. The first-order chi connectivity index (χ1) is 8.90. The second-order valence-electron chi connectivity index (χ2n) is 3.87. The van der Waals surface area contributed by atoms with Crippen LogP contribution in [0.25, 0.3) is 11.8 Å². The Morgan fingerprint density at radius 2 is 1.50 bits per heavy atom. The molecule has 0 N–H and O–H groups in total. The van der Waals surface area contributed by atoms with E-state index in [4.69, 9.17) is 4.74 Å². The lowest BCUT2D eigenvalue weighted by Crippen LogP contribution is -1.85. The third-order valence-electron chi connectivity index (χ3n) is 2.61. The average Bonchev–Trinajstić information content (AvgIpc) is 2.46. The van der Waals surface area contributed by atoms with Crippen molar-refractivity contribution in [2.45, 2.75) is 0 Å². The molecule has 0 saturated heterocycles. The van der Waals surface area contributed by atoms with Gasteiger partial charge in [-0.05, 0) is 11.6 Å². The number of methoxy groups -OCH3 is 1. The van der Waals surface area contributed by atoms with Gasteiger partial charge in [0.25, 0.3) is 0 Å². The number of allylic oxidation sites excluding steroid dienone is 2. The third-order valence-corrected chi connectivity index (χ3v) is 2.61. The van der Waals surface area contributed by atoms with E-state index in [9.17, 15) is 0 Å². The Bertz CT molecular complexity index is 524. The van der Waals surface area contributed by atoms with Crippen LogP contribution in [0.2, 0.25) is 0 Å². The normalized spacial score (nSPS) is 11.7. The maximum atomic E-state index is 5.38. The highest BCUT2D eigenvalue weighted by atomic mass is 16.5. The molecule has 1 nitrogen and oxygen atoms in total. The third kappa shape index (κ3) is 3.36. The Hall–Kier alpha value is -2.28. The van der Waals surface area contributed by atoms with Crippen LogP contribution in [-0.4, -0.2) is 7.11 Å². The summed E-state index contributed by atoms with van der Waals surface area (Å²) in [5.41, 5.74) is 2.26. The summed E-state index contributed by atoms with van der Waals surface area (Å²) in [4.78, 5) is 0. The predicted molar refractivity (Wildman–Crippen MR) is 76.9 cm³/mol. The first kappa shape index (κ1) is 12.2. The van der Waals surface area contributed by atoms with E-state index in [-0.39, 0.29) is 0 Å². The molecule has 2 rings (SSSR count). The molecule has 0 saturated carbocycles. The molecule has 0 aromatic heterocycles. The summed E-state index contributed by atoms with van der Waals surface area (Å²) in [5.74, 6) is 0.864. The van der Waals surface area contributed by atoms with Crippen molar-refractivity contribution < 1.29 is 4.74 Å². The van der Waals surface area contributed by atoms with Gasteiger partial charge in [0.15, 0.2) is 0 Å². The van der Waals surface area contributed by atoms with Crippen LogP contribution in [0.15, 0.2) is 72.8 Å². The largest absolute Gasteiger partial charge is 0.496 e. The summed E-state index contributed by atoms with van der Waals surface area (Å²) in [7, 11) is 1.69. The molecule has 0 unspecified atom stereocenters. The van der Waals surface area contributed by atoms with Crippen molar-refractivity contribution in [1.82, 2.24) is 0 Å². The molecule has 0 aliphatic carbocycles. The van der Waals surface area contributed by atoms with Gasteiger partial charge < -0.3 is 4.74 Å². The molecule has 0 atom stereocenters. The molecule has 1 heteroatoms. The summed E-state index contributed by atoms with van der Waals surface area (Å²) >= 11 is 0. The summed E-state index contributed by atoms with van der Waals surface area (Å²) in [6.07, 6.45) is 6.03. The molecule has 0 radical (unpaired) electrons. The summed E-state index contributed by atoms with van der Waals surface area (Å²) in [6.45, 7) is 0. The van der Waals surface area contributed by atoms with Crippen molar-refractivity contribution in [1.29, 1.82) is 0 Å². The Morgan fingerprint density at radius 3 is 2.11 bits per heavy atom. The van der Waals surface area contributed by atoms with Gasteiger partial charge in [-0.1, -0.05) is 72.8 Å². The SMILES string of the molecule is CO/C(=C\C=C\c1ccccc1)c1ccccc1. The molecule has 90 valence electrons. The molecule has 18 heavy (non-hydrogen) atoms. The monoisotopic (exact) mass is 236 g/mol. The standard InChI is InChI=1S/C17H16O/c1-18-17(16-12-6-3-7-13-16)14-8-11-15-9-4-2-5-10-15/h2-14H,1H3/b11-8+,17-14-. The maximum absolute atomic E-state index is 5.38. The van der Waals surface area contributed by atoms with E-state index in [0.29, 0.717) is 0 Å². The second-order valence-corrected chi connectivity index (χ2v) is 3.87. The van der Waals surface area contributed by atoms with Crippen LogP contribution in [0.1, 0.15) is 11.1 Å². The molecule has 0 aliphatic rings. The van der Waals surface area contributed by atoms with Crippen LogP contribution in [0, 0.1) is 0 Å². The van der Waals surface area contributed by atoms with Crippen LogP contribution in [0.4, 0.5) is 0 Å². The molecule has 0 amide bonds. The highest BCUT2D eigenvalue weighted by molar-refractivity contribution is 5.63. The van der Waals surface area contributed by atoms with Gasteiger partial charge in [0, 0.05) is 5.56 Å². The Morgan fingerprint density at radius 1 is 0.889 bits per heavy atom. The Kier molecular flexibility index (Phi) is 4.37. The van der Waals surface area contributed by atoms with Gasteiger partial charge in [-0.3, -0.25) is 0 Å². The van der Waals surface area contributed by atoms with Crippen LogP contribution >= 0.6 is 0 Å². The lowest BCUT2D eigenvalue weighted by atomic mass is 10.1. The van der Waals surface area contributed by atoms with Gasteiger partial charge >= 0.3 is 0 Å². The van der Waals surface area contributed by atoms with Gasteiger partial charge in [0.05, 0.1) is 7.11 Å². The van der Waals surface area contributed by atoms with Crippen LogP contribution in [0.3, 0.4) is 0 Å². The highest BCUT2D eigenvalue weighted by Crippen LogP contribution is 2.14. The van der Waals surface area contributed by atoms with Crippen molar-refractivity contribution in [2.24, 2.45) is 0 Å². The quantitative estimate of drug-likeness (QED) is 0.565. The number of rotatable bonds is 4. The lowest BCUT2D eigenvalue weighted by Gasteiger charge is -2.04. The van der Waals surface area contributed by atoms with Gasteiger partial charge in [0.2, 0.25) is 0 Å². The number of hydrogen-bond donors (Lipinski definition) is 0. The van der Waals surface area contributed by atoms with Crippen LogP contribution in [-0.2, 0) is 4.74 Å². The van der Waals surface area contributed by atoms with E-state index in [1.165, 1.54) is 5.56 Å². The molecular weight excluding hydrogens is 220 g/mol. The fourth-order valence-corrected chi connectivity index (χ4v) is 1.70. The Labute approximate surface area is 108 Å². The molecule has 0 fully saturated rings. The van der Waals surface area contributed by atoms with Crippen molar-refractivity contribution in [3.05, 3.63) is 83.9 Å². The van der Waals surface area contributed by atoms with Crippen molar-refractivity contribution in [3.63, 3.8) is 0 Å². The van der Waals surface area contributed by atoms with E-state index >= 15 is 0 Å².